The smallest absolute Gasteiger partial charge is 0.265 e. The quantitative estimate of drug-likeness (QED) is 0.125. The minimum absolute atomic E-state index is 0.134. The molecule has 0 aromatic heterocycles. The number of hydrogen-bond donors (Lipinski definition) is 2. The molecule has 0 spiro atoms. The number of allylic oxidation sites excluding steroid dienone is 1. The third kappa shape index (κ3) is 18.5. The van der Waals surface area contributed by atoms with Gasteiger partial charge in [0.15, 0.2) is 0 Å². The van der Waals surface area contributed by atoms with Crippen molar-refractivity contribution in [2.75, 3.05) is 13.6 Å². The van der Waals surface area contributed by atoms with Crippen molar-refractivity contribution < 1.29 is 14.7 Å². The zero-order valence-corrected chi connectivity index (χ0v) is 18.8. The minimum Gasteiger partial charge on any atom is -0.606 e. The number of quaternary nitrogens is 1. The molecule has 0 fully saturated rings. The fraction of sp³-hybridized carbons (Fsp3) is 0.870. The van der Waals surface area contributed by atoms with Crippen LogP contribution in [0.2, 0.25) is 0 Å². The number of aliphatic hydroxyl groups is 1. The van der Waals surface area contributed by atoms with Crippen molar-refractivity contribution in [2.24, 2.45) is 0 Å². The van der Waals surface area contributed by atoms with E-state index in [4.69, 9.17) is 0 Å². The number of carbonyl (C=O) groups excluding carboxylic acids is 1. The lowest BCUT2D eigenvalue weighted by Gasteiger charge is -2.37. The highest BCUT2D eigenvalue weighted by Crippen LogP contribution is 2.11. The van der Waals surface area contributed by atoms with Gasteiger partial charge in [-0.25, -0.2) is 5.43 Å². The van der Waals surface area contributed by atoms with E-state index in [0.717, 1.165) is 70.6 Å². The Balaban J connectivity index is 3.50. The van der Waals surface area contributed by atoms with Crippen molar-refractivity contribution in [1.82, 2.24) is 5.43 Å². The summed E-state index contributed by atoms with van der Waals surface area (Å²) >= 11 is 0. The third-order valence-corrected chi connectivity index (χ3v) is 5.04. The third-order valence-electron chi connectivity index (χ3n) is 5.04. The van der Waals surface area contributed by atoms with Gasteiger partial charge in [-0.15, -0.1) is 0 Å². The summed E-state index contributed by atoms with van der Waals surface area (Å²) in [6.45, 7) is 4.68. The van der Waals surface area contributed by atoms with Crippen LogP contribution in [0.5, 0.6) is 0 Å². The number of nitrogens with one attached hydrogen (secondary N) is 1. The first kappa shape index (κ1) is 27.1. The standard InChI is InChI=1S/C23H46N2O3/c1-4-6-8-15-18-22(26)19-16-13-11-9-10-12-14-17-20-23(27)24-25(3,28)21-7-5-2/h13,16,22,26H,4-12,14-15,17-21H2,1-3H3,(H,24,27)/b16-13-/t22-,25?/m1/s1. The first-order valence-electron chi connectivity index (χ1n) is 11.6. The van der Waals surface area contributed by atoms with E-state index in [2.05, 4.69) is 24.5 Å². The number of hydrogen-bond acceptors (Lipinski definition) is 3. The van der Waals surface area contributed by atoms with Gasteiger partial charge in [0.05, 0.1) is 13.2 Å². The van der Waals surface area contributed by atoms with Crippen LogP contribution in [0, 0.1) is 5.21 Å². The monoisotopic (exact) mass is 398 g/mol. The Morgan fingerprint density at radius 2 is 1.61 bits per heavy atom. The molecule has 0 aliphatic rings. The summed E-state index contributed by atoms with van der Waals surface area (Å²) < 4.78 is -0.660. The van der Waals surface area contributed by atoms with E-state index in [0.29, 0.717) is 13.0 Å². The van der Waals surface area contributed by atoms with E-state index in [1.807, 2.05) is 6.92 Å². The molecule has 5 heteroatoms. The Labute approximate surface area is 173 Å². The van der Waals surface area contributed by atoms with Crippen molar-refractivity contribution in [3.05, 3.63) is 17.4 Å². The van der Waals surface area contributed by atoms with Gasteiger partial charge in [0.1, 0.15) is 6.54 Å². The lowest BCUT2D eigenvalue weighted by Crippen LogP contribution is -2.53. The molecule has 28 heavy (non-hydrogen) atoms. The van der Waals surface area contributed by atoms with Crippen molar-refractivity contribution in [3.63, 3.8) is 0 Å². The Kier molecular flexibility index (Phi) is 17.6. The average Bonchev–Trinajstić information content (AvgIpc) is 2.64. The Bertz CT molecular complexity index is 397. The van der Waals surface area contributed by atoms with E-state index >= 15 is 0 Å². The first-order chi connectivity index (χ1) is 13.4. The minimum atomic E-state index is -0.660. The number of nitrogens with zero attached hydrogens (tertiary/aromatic N) is 1. The maximum absolute atomic E-state index is 12.0. The predicted molar refractivity (Wildman–Crippen MR) is 118 cm³/mol. The molecule has 166 valence electrons. The maximum atomic E-state index is 12.0. The fourth-order valence-corrected chi connectivity index (χ4v) is 3.21. The summed E-state index contributed by atoms with van der Waals surface area (Å²) in [7, 11) is 1.51. The molecule has 0 aromatic rings. The van der Waals surface area contributed by atoms with Crippen LogP contribution in [-0.2, 0) is 4.79 Å². The highest BCUT2D eigenvalue weighted by Gasteiger charge is 2.13. The van der Waals surface area contributed by atoms with Crippen LogP contribution in [0.3, 0.4) is 0 Å². The molecular formula is C23H46N2O3. The van der Waals surface area contributed by atoms with E-state index in [9.17, 15) is 15.1 Å². The molecule has 2 atom stereocenters. The SMILES string of the molecule is CCCCCC[C@@H](O)C/C=C\CCCCCCCC(=O)N[N+](C)([O-])CCCC. The van der Waals surface area contributed by atoms with Gasteiger partial charge < -0.3 is 10.3 Å². The molecular weight excluding hydrogens is 352 g/mol. The maximum Gasteiger partial charge on any atom is 0.265 e. The summed E-state index contributed by atoms with van der Waals surface area (Å²) in [6.07, 6.45) is 19.3. The van der Waals surface area contributed by atoms with Crippen LogP contribution in [-0.4, -0.2) is 35.5 Å². The Hall–Kier alpha value is -0.910. The first-order valence-corrected chi connectivity index (χ1v) is 11.6. The molecule has 0 aliphatic heterocycles. The number of aliphatic hydroxyl groups excluding tert-OH is 1. The molecule has 0 saturated heterocycles. The number of rotatable bonds is 19. The molecule has 5 nitrogen and oxygen atoms in total. The molecule has 0 radical (unpaired) electrons. The molecule has 0 heterocycles. The van der Waals surface area contributed by atoms with Crippen molar-refractivity contribution in [1.29, 1.82) is 0 Å². The second-order valence-corrected chi connectivity index (χ2v) is 8.23. The van der Waals surface area contributed by atoms with Gasteiger partial charge in [-0.05, 0) is 38.5 Å². The van der Waals surface area contributed by atoms with Crippen molar-refractivity contribution in [2.45, 2.75) is 116 Å². The van der Waals surface area contributed by atoms with Crippen LogP contribution in [0.4, 0.5) is 0 Å². The van der Waals surface area contributed by atoms with Crippen LogP contribution in [0.1, 0.15) is 110 Å². The second-order valence-electron chi connectivity index (χ2n) is 8.23. The molecule has 0 bridgehead atoms. The topological polar surface area (TPSA) is 72.4 Å². The summed E-state index contributed by atoms with van der Waals surface area (Å²) in [5.74, 6) is -0.134. The van der Waals surface area contributed by atoms with Crippen LogP contribution >= 0.6 is 0 Å². The van der Waals surface area contributed by atoms with Gasteiger partial charge in [-0.3, -0.25) is 9.55 Å². The Morgan fingerprint density at radius 1 is 0.964 bits per heavy atom. The van der Waals surface area contributed by atoms with Gasteiger partial charge in [0.2, 0.25) is 0 Å². The highest BCUT2D eigenvalue weighted by atomic mass is 16.6. The van der Waals surface area contributed by atoms with Gasteiger partial charge >= 0.3 is 0 Å². The van der Waals surface area contributed by atoms with E-state index in [1.165, 1.54) is 26.3 Å². The molecule has 2 N–H and O–H groups in total. The number of hydroxylamine groups is 2. The van der Waals surface area contributed by atoms with E-state index in [-0.39, 0.29) is 12.0 Å². The van der Waals surface area contributed by atoms with Crippen LogP contribution in [0.15, 0.2) is 12.2 Å². The van der Waals surface area contributed by atoms with E-state index < -0.39 is 4.76 Å². The largest absolute Gasteiger partial charge is 0.606 e. The van der Waals surface area contributed by atoms with Gasteiger partial charge in [-0.1, -0.05) is 77.4 Å². The second kappa shape index (κ2) is 18.1. The summed E-state index contributed by atoms with van der Waals surface area (Å²) in [5.41, 5.74) is 2.56. The van der Waals surface area contributed by atoms with Crippen molar-refractivity contribution in [3.8, 4) is 0 Å². The van der Waals surface area contributed by atoms with Gasteiger partial charge in [-0.2, -0.15) is 0 Å². The van der Waals surface area contributed by atoms with Crippen molar-refractivity contribution >= 4 is 5.91 Å². The predicted octanol–water partition coefficient (Wildman–Crippen LogP) is 5.77. The van der Waals surface area contributed by atoms with Crippen LogP contribution < -0.4 is 5.43 Å². The van der Waals surface area contributed by atoms with Gasteiger partial charge in [0.25, 0.3) is 5.91 Å². The summed E-state index contributed by atoms with van der Waals surface area (Å²) in [4.78, 5) is 11.8. The number of amides is 1. The van der Waals surface area contributed by atoms with Gasteiger partial charge in [0, 0.05) is 6.42 Å². The summed E-state index contributed by atoms with van der Waals surface area (Å²) in [6, 6.07) is 0. The molecule has 0 aromatic carbocycles. The lowest BCUT2D eigenvalue weighted by atomic mass is 10.1. The normalized spacial score (nSPS) is 14.9. The molecule has 1 amide bonds. The average molecular weight is 399 g/mol. The molecule has 0 saturated carbocycles. The highest BCUT2D eigenvalue weighted by molar-refractivity contribution is 5.74. The number of unbranched alkanes of at least 4 members (excludes halogenated alkanes) is 9. The van der Waals surface area contributed by atoms with Crippen LogP contribution in [0.25, 0.3) is 0 Å². The molecule has 0 aliphatic carbocycles. The zero-order chi connectivity index (χ0) is 21.1. The summed E-state index contributed by atoms with van der Waals surface area (Å²) in [5, 5.41) is 21.9. The lowest BCUT2D eigenvalue weighted by molar-refractivity contribution is -0.896. The fourth-order valence-electron chi connectivity index (χ4n) is 3.21. The molecule has 0 rings (SSSR count). The zero-order valence-electron chi connectivity index (χ0n) is 18.8. The molecule has 1 unspecified atom stereocenters. The Morgan fingerprint density at radius 3 is 2.32 bits per heavy atom. The number of carbonyl (C=O) groups is 1. The van der Waals surface area contributed by atoms with E-state index in [1.54, 1.807) is 0 Å².